The van der Waals surface area contributed by atoms with E-state index in [4.69, 9.17) is 23.2 Å². The van der Waals surface area contributed by atoms with Crippen molar-refractivity contribution >= 4 is 51.9 Å². The second kappa shape index (κ2) is 10.1. The topological polar surface area (TPSA) is 89.5 Å². The molecule has 0 unspecified atom stereocenters. The number of carbonyl (C=O) groups is 1. The molecule has 9 heteroatoms. The lowest BCUT2D eigenvalue weighted by Gasteiger charge is -2.10. The molecule has 34 heavy (non-hydrogen) atoms. The molecule has 0 saturated carbocycles. The Kier molecular flexibility index (Phi) is 6.95. The van der Waals surface area contributed by atoms with Gasteiger partial charge in [0.15, 0.2) is 0 Å². The van der Waals surface area contributed by atoms with Crippen molar-refractivity contribution in [3.63, 3.8) is 0 Å². The number of hydrazone groups is 1. The third-order valence-corrected chi connectivity index (χ3v) is 6.13. The Bertz CT molecular complexity index is 1430. The third kappa shape index (κ3) is 4.95. The molecule has 0 aliphatic heterocycles. The number of nitro groups is 1. The number of amides is 1. The maximum atomic E-state index is 12.4. The summed E-state index contributed by atoms with van der Waals surface area (Å²) in [6.45, 7) is 2.51. The number of fused-ring (bicyclic) bond motifs is 1. The minimum absolute atomic E-state index is 0.0959. The van der Waals surface area contributed by atoms with Gasteiger partial charge in [-0.1, -0.05) is 65.7 Å². The lowest BCUT2D eigenvalue weighted by Crippen LogP contribution is -2.20. The highest BCUT2D eigenvalue weighted by Crippen LogP contribution is 2.28. The highest BCUT2D eigenvalue weighted by Gasteiger charge is 2.16. The highest BCUT2D eigenvalue weighted by atomic mass is 35.5. The molecule has 0 spiro atoms. The predicted octanol–water partition coefficient (Wildman–Crippen LogP) is 5.91. The van der Waals surface area contributed by atoms with Gasteiger partial charge in [-0.25, -0.2) is 5.43 Å². The zero-order valence-electron chi connectivity index (χ0n) is 18.2. The molecule has 7 nitrogen and oxygen atoms in total. The number of aromatic nitrogens is 1. The van der Waals surface area contributed by atoms with Crippen LogP contribution in [0, 0.1) is 17.0 Å². The van der Waals surface area contributed by atoms with Gasteiger partial charge in [-0.05, 0) is 30.7 Å². The van der Waals surface area contributed by atoms with Gasteiger partial charge >= 0.3 is 0 Å². The van der Waals surface area contributed by atoms with Crippen LogP contribution in [-0.2, 0) is 17.8 Å². The Morgan fingerprint density at radius 1 is 1.09 bits per heavy atom. The van der Waals surface area contributed by atoms with Crippen molar-refractivity contribution in [2.45, 2.75) is 19.9 Å². The number of rotatable bonds is 7. The van der Waals surface area contributed by atoms with E-state index >= 15 is 0 Å². The average molecular weight is 495 g/mol. The van der Waals surface area contributed by atoms with Crippen molar-refractivity contribution in [3.8, 4) is 0 Å². The third-order valence-electron chi connectivity index (χ3n) is 5.55. The standard InChI is InChI=1S/C25H20Cl2N4O3/c1-16-21(14-28-29-25(32)12-17-6-2-4-8-23(17)31(33)34)20-7-3-5-9-24(20)30(16)15-18-10-11-19(26)13-22(18)27/h2-11,13-14H,12,15H2,1H3,(H,29,32). The van der Waals surface area contributed by atoms with E-state index < -0.39 is 10.8 Å². The van der Waals surface area contributed by atoms with Crippen molar-refractivity contribution in [2.24, 2.45) is 5.10 Å². The van der Waals surface area contributed by atoms with E-state index in [1.165, 1.54) is 6.07 Å². The van der Waals surface area contributed by atoms with Crippen LogP contribution in [0.15, 0.2) is 71.8 Å². The first-order valence-corrected chi connectivity index (χ1v) is 11.2. The number of halogens is 2. The molecule has 1 heterocycles. The lowest BCUT2D eigenvalue weighted by atomic mass is 10.1. The Balaban J connectivity index is 1.57. The summed E-state index contributed by atoms with van der Waals surface area (Å²) in [5.41, 5.74) is 6.43. The summed E-state index contributed by atoms with van der Waals surface area (Å²) in [6.07, 6.45) is 1.44. The molecular weight excluding hydrogens is 475 g/mol. The van der Waals surface area contributed by atoms with Crippen LogP contribution in [-0.4, -0.2) is 21.6 Å². The summed E-state index contributed by atoms with van der Waals surface area (Å²) in [6, 6.07) is 19.5. The SMILES string of the molecule is Cc1c(C=NNC(=O)Cc2ccccc2[N+](=O)[O-])c2ccccc2n1Cc1ccc(Cl)cc1Cl. The number of hydrogen-bond acceptors (Lipinski definition) is 4. The van der Waals surface area contributed by atoms with Crippen molar-refractivity contribution in [2.75, 3.05) is 0 Å². The number of hydrogen-bond donors (Lipinski definition) is 1. The fraction of sp³-hybridized carbons (Fsp3) is 0.120. The van der Waals surface area contributed by atoms with Crippen LogP contribution in [0.25, 0.3) is 10.9 Å². The van der Waals surface area contributed by atoms with Gasteiger partial charge in [0.05, 0.1) is 17.6 Å². The van der Waals surface area contributed by atoms with Crippen molar-refractivity contribution in [3.05, 3.63) is 109 Å². The van der Waals surface area contributed by atoms with Crippen LogP contribution in [0.3, 0.4) is 0 Å². The van der Waals surface area contributed by atoms with E-state index in [0.717, 1.165) is 27.7 Å². The molecule has 0 aliphatic carbocycles. The Labute approximate surface area is 205 Å². The molecule has 0 saturated heterocycles. The summed E-state index contributed by atoms with van der Waals surface area (Å²) >= 11 is 12.4. The Hall–Kier alpha value is -3.68. The number of nitro benzene ring substituents is 1. The molecule has 172 valence electrons. The molecule has 1 amide bonds. The van der Waals surface area contributed by atoms with Gasteiger partial charge < -0.3 is 4.57 Å². The van der Waals surface area contributed by atoms with Crippen LogP contribution < -0.4 is 5.43 Å². The summed E-state index contributed by atoms with van der Waals surface area (Å²) in [4.78, 5) is 23.0. The quantitative estimate of drug-likeness (QED) is 0.197. The maximum absolute atomic E-state index is 12.4. The largest absolute Gasteiger partial charge is 0.340 e. The van der Waals surface area contributed by atoms with E-state index in [9.17, 15) is 14.9 Å². The van der Waals surface area contributed by atoms with Crippen LogP contribution >= 0.6 is 23.2 Å². The summed E-state index contributed by atoms with van der Waals surface area (Å²) in [7, 11) is 0. The zero-order chi connectivity index (χ0) is 24.2. The fourth-order valence-electron chi connectivity index (χ4n) is 3.86. The molecular formula is C25H20Cl2N4O3. The number of nitrogens with zero attached hydrogens (tertiary/aromatic N) is 3. The molecule has 0 bridgehead atoms. The van der Waals surface area contributed by atoms with Crippen LogP contribution in [0.2, 0.25) is 10.0 Å². The van der Waals surface area contributed by atoms with Crippen LogP contribution in [0.4, 0.5) is 5.69 Å². The molecule has 3 aromatic carbocycles. The molecule has 1 N–H and O–H groups in total. The Morgan fingerprint density at radius 2 is 1.82 bits per heavy atom. The number of carbonyl (C=O) groups excluding carboxylic acids is 1. The second-order valence-corrected chi connectivity index (χ2v) is 8.54. The normalized spacial score (nSPS) is 11.3. The molecule has 4 rings (SSSR count). The van der Waals surface area contributed by atoms with Gasteiger partial charge in [0.2, 0.25) is 5.91 Å². The van der Waals surface area contributed by atoms with Gasteiger partial charge in [-0.15, -0.1) is 0 Å². The minimum Gasteiger partial charge on any atom is -0.340 e. The van der Waals surface area contributed by atoms with Crippen molar-refractivity contribution in [1.29, 1.82) is 0 Å². The average Bonchev–Trinajstić information content (AvgIpc) is 3.07. The Morgan fingerprint density at radius 3 is 2.59 bits per heavy atom. The first kappa shape index (κ1) is 23.5. The molecule has 0 radical (unpaired) electrons. The first-order valence-electron chi connectivity index (χ1n) is 10.4. The molecule has 4 aromatic rings. The van der Waals surface area contributed by atoms with Gasteiger partial charge in [0.25, 0.3) is 5.69 Å². The number of para-hydroxylation sites is 2. The maximum Gasteiger partial charge on any atom is 0.273 e. The zero-order valence-corrected chi connectivity index (χ0v) is 19.7. The molecule has 1 aromatic heterocycles. The monoisotopic (exact) mass is 494 g/mol. The minimum atomic E-state index is -0.503. The first-order chi connectivity index (χ1) is 16.3. The predicted molar refractivity (Wildman–Crippen MR) is 135 cm³/mol. The fourth-order valence-corrected chi connectivity index (χ4v) is 4.33. The van der Waals surface area contributed by atoms with Gasteiger partial charge in [-0.2, -0.15) is 5.10 Å². The second-order valence-electron chi connectivity index (χ2n) is 7.69. The smallest absolute Gasteiger partial charge is 0.273 e. The summed E-state index contributed by atoms with van der Waals surface area (Å²) in [5.74, 6) is -0.445. The van der Waals surface area contributed by atoms with Crippen molar-refractivity contribution < 1.29 is 9.72 Å². The highest BCUT2D eigenvalue weighted by molar-refractivity contribution is 6.35. The summed E-state index contributed by atoms with van der Waals surface area (Å²) in [5, 5.41) is 17.4. The lowest BCUT2D eigenvalue weighted by molar-refractivity contribution is -0.385. The van der Waals surface area contributed by atoms with Gasteiger partial charge in [-0.3, -0.25) is 14.9 Å². The molecule has 0 fully saturated rings. The van der Waals surface area contributed by atoms with Crippen LogP contribution in [0.5, 0.6) is 0 Å². The van der Waals surface area contributed by atoms with E-state index in [1.54, 1.807) is 36.5 Å². The van der Waals surface area contributed by atoms with E-state index in [1.807, 2.05) is 37.3 Å². The van der Waals surface area contributed by atoms with Gasteiger partial charge in [0, 0.05) is 50.4 Å². The van der Waals surface area contributed by atoms with E-state index in [0.29, 0.717) is 22.2 Å². The van der Waals surface area contributed by atoms with Crippen LogP contribution in [0.1, 0.15) is 22.4 Å². The molecule has 0 aliphatic rings. The molecule has 0 atom stereocenters. The van der Waals surface area contributed by atoms with Gasteiger partial charge in [0.1, 0.15) is 0 Å². The number of nitrogens with one attached hydrogen (secondary N) is 1. The summed E-state index contributed by atoms with van der Waals surface area (Å²) < 4.78 is 2.13. The van der Waals surface area contributed by atoms with E-state index in [-0.39, 0.29) is 12.1 Å². The van der Waals surface area contributed by atoms with Crippen molar-refractivity contribution in [1.82, 2.24) is 9.99 Å². The van der Waals surface area contributed by atoms with E-state index in [2.05, 4.69) is 15.1 Å². The number of benzene rings is 3.